The van der Waals surface area contributed by atoms with Crippen molar-refractivity contribution in [3.05, 3.63) is 12.7 Å². The minimum Gasteiger partial charge on any atom is -0.103 e. The van der Waals surface area contributed by atoms with E-state index in [0.29, 0.717) is 11.3 Å². The van der Waals surface area contributed by atoms with E-state index < -0.39 is 0 Å². The van der Waals surface area contributed by atoms with Crippen LogP contribution in [0.3, 0.4) is 0 Å². The lowest BCUT2D eigenvalue weighted by Gasteiger charge is -2.31. The molecule has 0 bridgehead atoms. The molecule has 0 radical (unpaired) electrons. The molecule has 0 aromatic rings. The van der Waals surface area contributed by atoms with Crippen LogP contribution < -0.4 is 0 Å². The van der Waals surface area contributed by atoms with Gasteiger partial charge < -0.3 is 0 Å². The van der Waals surface area contributed by atoms with E-state index >= 15 is 0 Å². The first-order valence-corrected chi connectivity index (χ1v) is 6.36. The largest absolute Gasteiger partial charge is 0.103 e. The molecule has 1 heteroatoms. The number of allylic oxidation sites excluding steroid dienone is 1. The second-order valence-electron chi connectivity index (χ2n) is 5.00. The van der Waals surface area contributed by atoms with E-state index in [4.69, 9.17) is 0 Å². The summed E-state index contributed by atoms with van der Waals surface area (Å²) in [6.45, 7) is 11.1. The minimum absolute atomic E-state index is 0.455. The van der Waals surface area contributed by atoms with Crippen molar-refractivity contribution in [2.75, 3.05) is 5.33 Å². The maximum atomic E-state index is 4.00. The molecule has 1 aliphatic carbocycles. The number of alkyl halides is 1. The van der Waals surface area contributed by atoms with Crippen molar-refractivity contribution < 1.29 is 0 Å². The van der Waals surface area contributed by atoms with Crippen molar-refractivity contribution in [1.82, 2.24) is 0 Å². The summed E-state index contributed by atoms with van der Waals surface area (Å²) >= 11 is 3.64. The Kier molecular flexibility index (Phi) is 3.62. The van der Waals surface area contributed by atoms with Gasteiger partial charge in [0, 0.05) is 5.33 Å². The van der Waals surface area contributed by atoms with Crippen molar-refractivity contribution >= 4 is 15.9 Å². The normalized spacial score (nSPS) is 39.8. The van der Waals surface area contributed by atoms with E-state index in [9.17, 15) is 0 Å². The first-order valence-electron chi connectivity index (χ1n) is 5.23. The molecular weight excluding hydrogens is 224 g/mol. The van der Waals surface area contributed by atoms with Gasteiger partial charge in [0.25, 0.3) is 0 Å². The quantitative estimate of drug-likeness (QED) is 0.515. The monoisotopic (exact) mass is 244 g/mol. The van der Waals surface area contributed by atoms with Crippen molar-refractivity contribution in [3.8, 4) is 0 Å². The Bertz CT molecular complexity index is 186. The lowest BCUT2D eigenvalue weighted by atomic mass is 9.75. The van der Waals surface area contributed by atoms with Gasteiger partial charge in [-0.05, 0) is 36.0 Å². The maximum absolute atomic E-state index is 4.00. The zero-order chi connectivity index (χ0) is 10.1. The maximum Gasteiger partial charge on any atom is 0.00910 e. The summed E-state index contributed by atoms with van der Waals surface area (Å²) in [6, 6.07) is 0. The molecule has 0 aromatic carbocycles. The smallest absolute Gasteiger partial charge is 0.00910 e. The van der Waals surface area contributed by atoms with Crippen molar-refractivity contribution in [2.24, 2.45) is 23.2 Å². The van der Waals surface area contributed by atoms with Crippen LogP contribution in [0.25, 0.3) is 0 Å². The minimum atomic E-state index is 0.455. The van der Waals surface area contributed by atoms with Gasteiger partial charge in [-0.25, -0.2) is 0 Å². The molecule has 1 aliphatic rings. The zero-order valence-corrected chi connectivity index (χ0v) is 10.6. The third-order valence-electron chi connectivity index (χ3n) is 3.73. The van der Waals surface area contributed by atoms with Gasteiger partial charge in [0.05, 0.1) is 0 Å². The molecule has 0 spiro atoms. The van der Waals surface area contributed by atoms with Gasteiger partial charge in [0.15, 0.2) is 0 Å². The van der Waals surface area contributed by atoms with Crippen LogP contribution in [-0.2, 0) is 0 Å². The average Bonchev–Trinajstić information content (AvgIpc) is 2.43. The summed E-state index contributed by atoms with van der Waals surface area (Å²) in [7, 11) is 0. The van der Waals surface area contributed by atoms with Crippen LogP contribution in [0.4, 0.5) is 0 Å². The van der Waals surface area contributed by atoms with Gasteiger partial charge >= 0.3 is 0 Å². The topological polar surface area (TPSA) is 0 Å². The van der Waals surface area contributed by atoms with Gasteiger partial charge in [-0.2, -0.15) is 0 Å². The summed E-state index contributed by atoms with van der Waals surface area (Å²) in [6.07, 6.45) is 4.90. The van der Waals surface area contributed by atoms with Gasteiger partial charge in [0.2, 0.25) is 0 Å². The lowest BCUT2D eigenvalue weighted by molar-refractivity contribution is 0.243. The van der Waals surface area contributed by atoms with Gasteiger partial charge in [-0.3, -0.25) is 0 Å². The van der Waals surface area contributed by atoms with Crippen LogP contribution >= 0.6 is 15.9 Å². The Hall–Kier alpha value is 0.220. The molecule has 76 valence electrons. The number of hydrogen-bond donors (Lipinski definition) is 0. The second-order valence-corrected chi connectivity index (χ2v) is 5.56. The highest BCUT2D eigenvalue weighted by molar-refractivity contribution is 9.09. The molecule has 0 nitrogen and oxygen atoms in total. The number of halogens is 1. The van der Waals surface area contributed by atoms with Crippen LogP contribution in [0, 0.1) is 23.2 Å². The fourth-order valence-electron chi connectivity index (χ4n) is 2.72. The van der Waals surface area contributed by atoms with Crippen LogP contribution in [0.2, 0.25) is 0 Å². The highest BCUT2D eigenvalue weighted by Gasteiger charge is 2.43. The van der Waals surface area contributed by atoms with Gasteiger partial charge in [0.1, 0.15) is 0 Å². The number of rotatable bonds is 3. The molecule has 3 atom stereocenters. The van der Waals surface area contributed by atoms with Crippen LogP contribution in [-0.4, -0.2) is 5.33 Å². The van der Waals surface area contributed by atoms with E-state index in [1.807, 2.05) is 0 Å². The van der Waals surface area contributed by atoms with Gasteiger partial charge in [-0.15, -0.1) is 6.58 Å². The molecule has 1 fully saturated rings. The van der Waals surface area contributed by atoms with E-state index in [0.717, 1.165) is 17.2 Å². The van der Waals surface area contributed by atoms with E-state index in [-0.39, 0.29) is 0 Å². The second kappa shape index (κ2) is 4.16. The fraction of sp³-hybridized carbons (Fsp3) is 0.833. The standard InChI is InChI=1S/C12H21Br/c1-5-11-10(9(2)3)6-7-12(11,4)8-13/h5,9-11H,1,6-8H2,2-4H3/t10-,11-,12+/m0/s1. The highest BCUT2D eigenvalue weighted by atomic mass is 79.9. The number of hydrogen-bond acceptors (Lipinski definition) is 0. The molecule has 0 heterocycles. The molecule has 1 rings (SSSR count). The molecular formula is C12H21Br. The Morgan fingerprint density at radius 3 is 2.62 bits per heavy atom. The highest BCUT2D eigenvalue weighted by Crippen LogP contribution is 2.50. The average molecular weight is 245 g/mol. The zero-order valence-electron chi connectivity index (χ0n) is 9.02. The molecule has 0 aliphatic heterocycles. The Morgan fingerprint density at radius 1 is 1.62 bits per heavy atom. The SMILES string of the molecule is C=C[C@H]1[C@H](C(C)C)CC[C@]1(C)CBr. The van der Waals surface area contributed by atoms with Crippen molar-refractivity contribution in [1.29, 1.82) is 0 Å². The third-order valence-corrected chi connectivity index (χ3v) is 5.01. The first-order chi connectivity index (χ1) is 6.05. The summed E-state index contributed by atoms with van der Waals surface area (Å²) in [5.41, 5.74) is 0.455. The first kappa shape index (κ1) is 11.3. The molecule has 0 N–H and O–H groups in total. The summed E-state index contributed by atoms with van der Waals surface area (Å²) in [5, 5.41) is 1.11. The predicted molar refractivity (Wildman–Crippen MR) is 63.2 cm³/mol. The lowest BCUT2D eigenvalue weighted by Crippen LogP contribution is -2.27. The van der Waals surface area contributed by atoms with Crippen LogP contribution in [0.15, 0.2) is 12.7 Å². The molecule has 0 amide bonds. The Balaban J connectivity index is 2.80. The molecule has 1 saturated carbocycles. The summed E-state index contributed by atoms with van der Waals surface area (Å²) < 4.78 is 0. The Morgan fingerprint density at radius 2 is 2.23 bits per heavy atom. The molecule has 0 unspecified atom stereocenters. The molecule has 0 saturated heterocycles. The summed E-state index contributed by atoms with van der Waals surface area (Å²) in [4.78, 5) is 0. The van der Waals surface area contributed by atoms with Crippen molar-refractivity contribution in [3.63, 3.8) is 0 Å². The Labute approximate surface area is 90.9 Å². The molecule has 13 heavy (non-hydrogen) atoms. The van der Waals surface area contributed by atoms with Crippen LogP contribution in [0.1, 0.15) is 33.6 Å². The predicted octanol–water partition coefficient (Wildman–Crippen LogP) is 4.26. The van der Waals surface area contributed by atoms with Crippen LogP contribution in [0.5, 0.6) is 0 Å². The van der Waals surface area contributed by atoms with Crippen molar-refractivity contribution in [2.45, 2.75) is 33.6 Å². The third kappa shape index (κ3) is 2.01. The van der Waals surface area contributed by atoms with E-state index in [2.05, 4.69) is 49.4 Å². The fourth-order valence-corrected chi connectivity index (χ4v) is 3.38. The van der Waals surface area contributed by atoms with E-state index in [1.54, 1.807) is 0 Å². The molecule has 0 aromatic heterocycles. The van der Waals surface area contributed by atoms with Gasteiger partial charge in [-0.1, -0.05) is 42.8 Å². The van der Waals surface area contributed by atoms with E-state index in [1.165, 1.54) is 12.8 Å². The summed E-state index contributed by atoms with van der Waals surface area (Å²) in [5.74, 6) is 2.34.